The number of likely N-dealkylation sites (N-methyl/N-ethyl adjacent to an activating group) is 1. The summed E-state index contributed by atoms with van der Waals surface area (Å²) >= 11 is 0. The third-order valence-electron chi connectivity index (χ3n) is 2.80. The van der Waals surface area contributed by atoms with Gasteiger partial charge in [0, 0.05) is 6.54 Å². The van der Waals surface area contributed by atoms with Crippen molar-refractivity contribution in [1.82, 2.24) is 5.32 Å². The lowest BCUT2D eigenvalue weighted by molar-refractivity contribution is 0.0408. The molecule has 0 fully saturated rings. The van der Waals surface area contributed by atoms with Gasteiger partial charge < -0.3 is 10.4 Å². The van der Waals surface area contributed by atoms with E-state index in [1.54, 1.807) is 0 Å². The molecule has 1 aliphatic rings. The first kappa shape index (κ1) is 8.73. The van der Waals surface area contributed by atoms with Gasteiger partial charge in [-0.2, -0.15) is 0 Å². The zero-order valence-electron chi connectivity index (χ0n) is 7.88. The van der Waals surface area contributed by atoms with Crippen LogP contribution in [0, 0.1) is 0 Å². The highest BCUT2D eigenvalue weighted by molar-refractivity contribution is 5.37. The Morgan fingerprint density at radius 2 is 2.23 bits per heavy atom. The first-order valence-electron chi connectivity index (χ1n) is 4.72. The van der Waals surface area contributed by atoms with Crippen molar-refractivity contribution in [1.29, 1.82) is 0 Å². The Hall–Kier alpha value is -0.860. The van der Waals surface area contributed by atoms with E-state index >= 15 is 0 Å². The maximum Gasteiger partial charge on any atom is 0.103 e. The molecule has 0 amide bonds. The van der Waals surface area contributed by atoms with E-state index in [2.05, 4.69) is 11.4 Å². The SMILES string of the molecule is CNC[C@]1(O)CCc2ccccc21. The first-order valence-corrected chi connectivity index (χ1v) is 4.72. The highest BCUT2D eigenvalue weighted by Crippen LogP contribution is 2.35. The minimum absolute atomic E-state index is 0.634. The van der Waals surface area contributed by atoms with Crippen molar-refractivity contribution in [2.24, 2.45) is 0 Å². The molecular formula is C11H15NO. The van der Waals surface area contributed by atoms with E-state index in [-0.39, 0.29) is 0 Å². The summed E-state index contributed by atoms with van der Waals surface area (Å²) in [5.74, 6) is 0. The van der Waals surface area contributed by atoms with Crippen LogP contribution in [0.3, 0.4) is 0 Å². The maximum absolute atomic E-state index is 10.3. The smallest absolute Gasteiger partial charge is 0.103 e. The number of rotatable bonds is 2. The van der Waals surface area contributed by atoms with Crippen molar-refractivity contribution in [3.8, 4) is 0 Å². The molecule has 0 spiro atoms. The highest BCUT2D eigenvalue weighted by atomic mass is 16.3. The van der Waals surface area contributed by atoms with Gasteiger partial charge in [-0.1, -0.05) is 24.3 Å². The van der Waals surface area contributed by atoms with Crippen LogP contribution in [0.5, 0.6) is 0 Å². The van der Waals surface area contributed by atoms with Gasteiger partial charge in [0.05, 0.1) is 0 Å². The zero-order chi connectivity index (χ0) is 9.31. The standard InChI is InChI=1S/C11H15NO/c1-12-8-11(13)7-6-9-4-2-3-5-10(9)11/h2-5,12-13H,6-8H2,1H3/t11-/m1/s1. The lowest BCUT2D eigenvalue weighted by atomic mass is 9.96. The van der Waals surface area contributed by atoms with Crippen molar-refractivity contribution in [3.05, 3.63) is 35.4 Å². The molecule has 70 valence electrons. The van der Waals surface area contributed by atoms with Crippen LogP contribution in [0.1, 0.15) is 17.5 Å². The van der Waals surface area contributed by atoms with Crippen molar-refractivity contribution in [2.45, 2.75) is 18.4 Å². The Bertz CT molecular complexity index is 307. The molecule has 2 nitrogen and oxygen atoms in total. The number of benzene rings is 1. The van der Waals surface area contributed by atoms with Crippen molar-refractivity contribution >= 4 is 0 Å². The van der Waals surface area contributed by atoms with E-state index in [4.69, 9.17) is 0 Å². The third kappa shape index (κ3) is 1.36. The van der Waals surface area contributed by atoms with Crippen molar-refractivity contribution in [2.75, 3.05) is 13.6 Å². The van der Waals surface area contributed by atoms with Gasteiger partial charge in [-0.25, -0.2) is 0 Å². The summed E-state index contributed by atoms with van der Waals surface area (Å²) in [4.78, 5) is 0. The molecule has 1 atom stereocenters. The first-order chi connectivity index (χ1) is 6.26. The van der Waals surface area contributed by atoms with Crippen LogP contribution >= 0.6 is 0 Å². The van der Waals surface area contributed by atoms with E-state index in [1.807, 2.05) is 25.2 Å². The molecule has 1 aromatic carbocycles. The quantitative estimate of drug-likeness (QED) is 0.707. The summed E-state index contributed by atoms with van der Waals surface area (Å²) in [5.41, 5.74) is 1.76. The molecular weight excluding hydrogens is 162 g/mol. The Morgan fingerprint density at radius 3 is 3.00 bits per heavy atom. The largest absolute Gasteiger partial charge is 0.384 e. The van der Waals surface area contributed by atoms with Crippen LogP contribution < -0.4 is 5.32 Å². The van der Waals surface area contributed by atoms with Gasteiger partial charge in [-0.3, -0.25) is 0 Å². The van der Waals surface area contributed by atoms with E-state index in [9.17, 15) is 5.11 Å². The van der Waals surface area contributed by atoms with Gasteiger partial charge in [0.1, 0.15) is 5.60 Å². The van der Waals surface area contributed by atoms with Crippen molar-refractivity contribution in [3.63, 3.8) is 0 Å². The minimum atomic E-state index is -0.634. The van der Waals surface area contributed by atoms with E-state index in [0.717, 1.165) is 18.4 Å². The Kier molecular flexibility index (Phi) is 2.10. The topological polar surface area (TPSA) is 32.3 Å². The molecule has 0 saturated heterocycles. The normalized spacial score (nSPS) is 26.0. The van der Waals surface area contributed by atoms with Crippen LogP contribution in [-0.4, -0.2) is 18.7 Å². The van der Waals surface area contributed by atoms with Gasteiger partial charge in [0.25, 0.3) is 0 Å². The Balaban J connectivity index is 2.37. The number of aryl methyl sites for hydroxylation is 1. The summed E-state index contributed by atoms with van der Waals surface area (Å²) in [5, 5.41) is 13.3. The summed E-state index contributed by atoms with van der Waals surface area (Å²) in [7, 11) is 1.87. The summed E-state index contributed by atoms with van der Waals surface area (Å²) in [6, 6.07) is 8.15. The fraction of sp³-hybridized carbons (Fsp3) is 0.455. The van der Waals surface area contributed by atoms with Crippen LogP contribution in [-0.2, 0) is 12.0 Å². The molecule has 0 bridgehead atoms. The molecule has 2 rings (SSSR count). The fourth-order valence-corrected chi connectivity index (χ4v) is 2.14. The summed E-state index contributed by atoms with van der Waals surface area (Å²) in [6.07, 6.45) is 1.83. The third-order valence-corrected chi connectivity index (χ3v) is 2.80. The van der Waals surface area contributed by atoms with Gasteiger partial charge in [-0.05, 0) is 31.0 Å². The summed E-state index contributed by atoms with van der Waals surface area (Å²) in [6.45, 7) is 0.643. The monoisotopic (exact) mass is 177 g/mol. The molecule has 1 aliphatic carbocycles. The van der Waals surface area contributed by atoms with Crippen LogP contribution in [0.4, 0.5) is 0 Å². The lowest BCUT2D eigenvalue weighted by Gasteiger charge is -2.23. The molecule has 0 unspecified atom stereocenters. The second-order valence-corrected chi connectivity index (χ2v) is 3.72. The number of hydrogen-bond donors (Lipinski definition) is 2. The molecule has 0 aromatic heterocycles. The van der Waals surface area contributed by atoms with E-state index < -0.39 is 5.60 Å². The van der Waals surface area contributed by atoms with Gasteiger partial charge in [0.15, 0.2) is 0 Å². The van der Waals surface area contributed by atoms with Gasteiger partial charge in [0.2, 0.25) is 0 Å². The minimum Gasteiger partial charge on any atom is -0.384 e. The van der Waals surface area contributed by atoms with Gasteiger partial charge in [-0.15, -0.1) is 0 Å². The molecule has 2 heteroatoms. The predicted octanol–water partition coefficient (Wildman–Crippen LogP) is 1.04. The Morgan fingerprint density at radius 1 is 1.46 bits per heavy atom. The average Bonchev–Trinajstić information content (AvgIpc) is 2.46. The van der Waals surface area contributed by atoms with E-state index in [1.165, 1.54) is 5.56 Å². The molecule has 0 aliphatic heterocycles. The lowest BCUT2D eigenvalue weighted by Crippen LogP contribution is -2.34. The highest BCUT2D eigenvalue weighted by Gasteiger charge is 2.35. The number of fused-ring (bicyclic) bond motifs is 1. The van der Waals surface area contributed by atoms with E-state index in [0.29, 0.717) is 6.54 Å². The summed E-state index contributed by atoms with van der Waals surface area (Å²) < 4.78 is 0. The van der Waals surface area contributed by atoms with Crippen LogP contribution in [0.15, 0.2) is 24.3 Å². The average molecular weight is 177 g/mol. The van der Waals surface area contributed by atoms with Gasteiger partial charge >= 0.3 is 0 Å². The predicted molar refractivity (Wildman–Crippen MR) is 52.6 cm³/mol. The molecule has 1 aromatic rings. The number of aliphatic hydroxyl groups is 1. The number of nitrogens with one attached hydrogen (secondary N) is 1. The fourth-order valence-electron chi connectivity index (χ4n) is 2.14. The second-order valence-electron chi connectivity index (χ2n) is 3.72. The second kappa shape index (κ2) is 3.13. The van der Waals surface area contributed by atoms with Crippen LogP contribution in [0.2, 0.25) is 0 Å². The molecule has 13 heavy (non-hydrogen) atoms. The maximum atomic E-state index is 10.3. The zero-order valence-corrected chi connectivity index (χ0v) is 7.88. The molecule has 0 saturated carbocycles. The van der Waals surface area contributed by atoms with Crippen molar-refractivity contribution < 1.29 is 5.11 Å². The molecule has 2 N–H and O–H groups in total. The Labute approximate surface area is 78.6 Å². The molecule has 0 heterocycles. The van der Waals surface area contributed by atoms with Crippen LogP contribution in [0.25, 0.3) is 0 Å². The number of hydrogen-bond acceptors (Lipinski definition) is 2. The molecule has 0 radical (unpaired) electrons.